The lowest BCUT2D eigenvalue weighted by Gasteiger charge is -2.08. The topological polar surface area (TPSA) is 42.7 Å². The normalized spacial score (nSPS) is 10.8. The van der Waals surface area contributed by atoms with Gasteiger partial charge in [-0.3, -0.25) is 0 Å². The lowest BCUT2D eigenvalue weighted by Crippen LogP contribution is -2.04. The van der Waals surface area contributed by atoms with E-state index in [1.165, 1.54) is 5.56 Å². The summed E-state index contributed by atoms with van der Waals surface area (Å²) in [4.78, 5) is 8.56. The molecule has 2 heterocycles. The van der Waals surface area contributed by atoms with Crippen LogP contribution in [0.15, 0.2) is 42.6 Å². The molecule has 0 saturated heterocycles. The van der Waals surface area contributed by atoms with E-state index in [4.69, 9.17) is 11.6 Å². The third-order valence-corrected chi connectivity index (χ3v) is 3.22. The number of hydrogen-bond acceptors (Lipinski definition) is 3. The number of benzene rings is 1. The van der Waals surface area contributed by atoms with Crippen molar-refractivity contribution < 1.29 is 0 Å². The largest absolute Gasteiger partial charge is 0.359 e. The molecule has 0 bridgehead atoms. The van der Waals surface area contributed by atoms with E-state index >= 15 is 0 Å². The molecule has 0 aliphatic carbocycles. The zero-order valence-corrected chi connectivity index (χ0v) is 11.2. The fourth-order valence-electron chi connectivity index (χ4n) is 2.12. The number of halogens is 1. The molecule has 3 rings (SSSR count). The van der Waals surface area contributed by atoms with Crippen LogP contribution in [0.5, 0.6) is 0 Å². The van der Waals surface area contributed by atoms with Gasteiger partial charge in [0, 0.05) is 13.1 Å². The summed E-state index contributed by atoms with van der Waals surface area (Å²) in [5.41, 5.74) is 3.03. The molecule has 0 spiro atoms. The Morgan fingerprint density at radius 3 is 2.79 bits per heavy atom. The molecule has 2 aromatic heterocycles. The van der Waals surface area contributed by atoms with Crippen molar-refractivity contribution in [3.8, 4) is 0 Å². The highest BCUT2D eigenvalue weighted by molar-refractivity contribution is 6.29. The Balaban J connectivity index is 2.12. The van der Waals surface area contributed by atoms with E-state index in [9.17, 15) is 0 Å². The van der Waals surface area contributed by atoms with Gasteiger partial charge in [-0.2, -0.15) is 0 Å². The summed E-state index contributed by atoms with van der Waals surface area (Å²) >= 11 is 5.97. The summed E-state index contributed by atoms with van der Waals surface area (Å²) in [6.45, 7) is 0.744. The number of imidazole rings is 1. The molecular weight excluding hydrogens is 260 g/mol. The molecule has 19 heavy (non-hydrogen) atoms. The van der Waals surface area contributed by atoms with Gasteiger partial charge in [-0.15, -0.1) is 0 Å². The third-order valence-electron chi connectivity index (χ3n) is 3.01. The second kappa shape index (κ2) is 4.90. The number of anilines is 1. The average molecular weight is 273 g/mol. The van der Waals surface area contributed by atoms with Gasteiger partial charge in [0.2, 0.25) is 5.95 Å². The Bertz CT molecular complexity index is 706. The number of nitrogens with one attached hydrogen (secondary N) is 1. The lowest BCUT2D eigenvalue weighted by molar-refractivity contribution is 0.832. The molecule has 0 fully saturated rings. The van der Waals surface area contributed by atoms with Crippen molar-refractivity contribution >= 4 is 28.6 Å². The minimum atomic E-state index is 0.476. The molecule has 5 heteroatoms. The second-order valence-electron chi connectivity index (χ2n) is 4.25. The average Bonchev–Trinajstić information content (AvgIpc) is 2.78. The van der Waals surface area contributed by atoms with Gasteiger partial charge in [0.05, 0.1) is 18.3 Å². The molecule has 0 amide bonds. The number of nitrogens with zero attached hydrogens (tertiary/aromatic N) is 3. The first-order valence-electron chi connectivity index (χ1n) is 6.01. The first-order chi connectivity index (χ1) is 9.28. The van der Waals surface area contributed by atoms with Gasteiger partial charge in [-0.05, 0) is 5.56 Å². The number of rotatable bonds is 3. The summed E-state index contributed by atoms with van der Waals surface area (Å²) in [5.74, 6) is 0.808. The smallest absolute Gasteiger partial charge is 0.203 e. The van der Waals surface area contributed by atoms with Crippen LogP contribution in [-0.2, 0) is 6.54 Å². The fraction of sp³-hybridized carbons (Fsp3) is 0.143. The van der Waals surface area contributed by atoms with Crippen LogP contribution in [0.2, 0.25) is 5.15 Å². The summed E-state index contributed by atoms with van der Waals surface area (Å²) in [6, 6.07) is 12.1. The SMILES string of the molecule is CNc1nc2cnc(Cl)cc2n1Cc1ccccc1. The maximum absolute atomic E-state index is 5.97. The van der Waals surface area contributed by atoms with Crippen LogP contribution in [0.1, 0.15) is 5.56 Å². The molecule has 1 N–H and O–H groups in total. The molecule has 3 aromatic rings. The third kappa shape index (κ3) is 2.27. The molecule has 0 radical (unpaired) electrons. The van der Waals surface area contributed by atoms with Crippen LogP contribution in [0.3, 0.4) is 0 Å². The highest BCUT2D eigenvalue weighted by atomic mass is 35.5. The van der Waals surface area contributed by atoms with Crippen molar-refractivity contribution in [2.24, 2.45) is 0 Å². The Hall–Kier alpha value is -2.07. The summed E-state index contributed by atoms with van der Waals surface area (Å²) < 4.78 is 2.10. The zero-order valence-electron chi connectivity index (χ0n) is 10.5. The highest BCUT2D eigenvalue weighted by Gasteiger charge is 2.10. The number of aromatic nitrogens is 3. The van der Waals surface area contributed by atoms with Gasteiger partial charge < -0.3 is 9.88 Å². The molecular formula is C14H13ClN4. The van der Waals surface area contributed by atoms with Crippen LogP contribution in [0.25, 0.3) is 11.0 Å². The fourth-order valence-corrected chi connectivity index (χ4v) is 2.27. The van der Waals surface area contributed by atoms with E-state index in [0.717, 1.165) is 23.5 Å². The van der Waals surface area contributed by atoms with E-state index in [1.54, 1.807) is 6.20 Å². The van der Waals surface area contributed by atoms with Crippen molar-refractivity contribution in [2.45, 2.75) is 6.54 Å². The first-order valence-corrected chi connectivity index (χ1v) is 6.39. The van der Waals surface area contributed by atoms with Crippen LogP contribution in [0.4, 0.5) is 5.95 Å². The van der Waals surface area contributed by atoms with E-state index in [2.05, 4.69) is 32.0 Å². The molecule has 4 nitrogen and oxygen atoms in total. The molecule has 0 aliphatic heterocycles. The molecule has 96 valence electrons. The van der Waals surface area contributed by atoms with Crippen molar-refractivity contribution in [3.05, 3.63) is 53.3 Å². The maximum Gasteiger partial charge on any atom is 0.203 e. The molecule has 0 aliphatic rings. The van der Waals surface area contributed by atoms with Gasteiger partial charge in [0.25, 0.3) is 0 Å². The van der Waals surface area contributed by atoms with Crippen molar-refractivity contribution in [1.82, 2.24) is 14.5 Å². The van der Waals surface area contributed by atoms with E-state index in [1.807, 2.05) is 31.3 Å². The predicted octanol–water partition coefficient (Wildman–Crippen LogP) is 3.17. The minimum Gasteiger partial charge on any atom is -0.359 e. The van der Waals surface area contributed by atoms with Crippen LogP contribution in [0, 0.1) is 0 Å². The second-order valence-corrected chi connectivity index (χ2v) is 4.64. The maximum atomic E-state index is 5.97. The number of pyridine rings is 1. The van der Waals surface area contributed by atoms with E-state index in [0.29, 0.717) is 5.15 Å². The highest BCUT2D eigenvalue weighted by Crippen LogP contribution is 2.22. The van der Waals surface area contributed by atoms with Gasteiger partial charge in [0.15, 0.2) is 0 Å². The summed E-state index contributed by atoms with van der Waals surface area (Å²) in [7, 11) is 1.86. The lowest BCUT2D eigenvalue weighted by atomic mass is 10.2. The minimum absolute atomic E-state index is 0.476. The van der Waals surface area contributed by atoms with Crippen LogP contribution < -0.4 is 5.32 Å². The Morgan fingerprint density at radius 1 is 1.26 bits per heavy atom. The van der Waals surface area contributed by atoms with Gasteiger partial charge in [0.1, 0.15) is 10.7 Å². The molecule has 0 atom stereocenters. The summed E-state index contributed by atoms with van der Waals surface area (Å²) in [5, 5.41) is 3.58. The van der Waals surface area contributed by atoms with Gasteiger partial charge in [-0.1, -0.05) is 41.9 Å². The first kappa shape index (κ1) is 12.0. The Morgan fingerprint density at radius 2 is 2.05 bits per heavy atom. The predicted molar refractivity (Wildman–Crippen MR) is 77.6 cm³/mol. The van der Waals surface area contributed by atoms with Gasteiger partial charge in [-0.25, -0.2) is 9.97 Å². The monoisotopic (exact) mass is 272 g/mol. The Labute approximate surface area is 116 Å². The Kier molecular flexibility index (Phi) is 3.09. The van der Waals surface area contributed by atoms with E-state index < -0.39 is 0 Å². The van der Waals surface area contributed by atoms with Crippen LogP contribution >= 0.6 is 11.6 Å². The molecule has 0 unspecified atom stereocenters. The van der Waals surface area contributed by atoms with Crippen molar-refractivity contribution in [1.29, 1.82) is 0 Å². The molecule has 0 saturated carbocycles. The summed E-state index contributed by atoms with van der Waals surface area (Å²) in [6.07, 6.45) is 1.69. The quantitative estimate of drug-likeness (QED) is 0.745. The number of hydrogen-bond donors (Lipinski definition) is 1. The van der Waals surface area contributed by atoms with Crippen LogP contribution in [-0.4, -0.2) is 21.6 Å². The van der Waals surface area contributed by atoms with Crippen molar-refractivity contribution in [3.63, 3.8) is 0 Å². The molecule has 1 aromatic carbocycles. The number of fused-ring (bicyclic) bond motifs is 1. The van der Waals surface area contributed by atoms with E-state index in [-0.39, 0.29) is 0 Å². The van der Waals surface area contributed by atoms with Crippen molar-refractivity contribution in [2.75, 3.05) is 12.4 Å². The zero-order chi connectivity index (χ0) is 13.2. The van der Waals surface area contributed by atoms with Gasteiger partial charge >= 0.3 is 0 Å². The standard InChI is InChI=1S/C14H13ClN4/c1-16-14-18-11-8-17-13(15)7-12(11)19(14)9-10-5-3-2-4-6-10/h2-8H,9H2,1H3,(H,16,18).